The molecule has 80 valence electrons. The van der Waals surface area contributed by atoms with Crippen LogP contribution in [0.5, 0.6) is 5.75 Å². The highest BCUT2D eigenvalue weighted by molar-refractivity contribution is 9.10. The third kappa shape index (κ3) is 1.59. The van der Waals surface area contributed by atoms with Gasteiger partial charge in [-0.25, -0.2) is 0 Å². The summed E-state index contributed by atoms with van der Waals surface area (Å²) in [5.41, 5.74) is 1.52. The van der Waals surface area contributed by atoms with Gasteiger partial charge in [-0.1, -0.05) is 28.4 Å². The van der Waals surface area contributed by atoms with Gasteiger partial charge in [-0.05, 0) is 37.8 Å². The van der Waals surface area contributed by atoms with Crippen molar-refractivity contribution >= 4 is 15.9 Å². The second-order valence-electron chi connectivity index (χ2n) is 4.74. The van der Waals surface area contributed by atoms with Crippen LogP contribution in [0, 0.1) is 0 Å². The number of fused-ring (bicyclic) bond motifs is 1. The Bertz CT molecular complexity index is 380. The minimum atomic E-state index is 0.143. The molecule has 0 N–H and O–H groups in total. The number of ether oxygens (including phenoxy) is 1. The fraction of sp³-hybridized carbons (Fsp3) is 0.538. The van der Waals surface area contributed by atoms with E-state index in [1.165, 1.54) is 42.1 Å². The van der Waals surface area contributed by atoms with Crippen LogP contribution in [0.1, 0.15) is 37.7 Å². The molecule has 15 heavy (non-hydrogen) atoms. The van der Waals surface area contributed by atoms with Crippen molar-refractivity contribution in [3.63, 3.8) is 0 Å². The summed E-state index contributed by atoms with van der Waals surface area (Å²) in [6, 6.07) is 6.28. The molecule has 1 heterocycles. The van der Waals surface area contributed by atoms with Gasteiger partial charge in [0.05, 0.1) is 0 Å². The van der Waals surface area contributed by atoms with Crippen molar-refractivity contribution < 1.29 is 4.74 Å². The highest BCUT2D eigenvalue weighted by atomic mass is 79.9. The van der Waals surface area contributed by atoms with Crippen molar-refractivity contribution in [1.82, 2.24) is 0 Å². The van der Waals surface area contributed by atoms with Crippen molar-refractivity contribution in [2.75, 3.05) is 0 Å². The van der Waals surface area contributed by atoms with Crippen LogP contribution in [0.4, 0.5) is 0 Å². The maximum absolute atomic E-state index is 6.19. The van der Waals surface area contributed by atoms with E-state index in [0.717, 1.165) is 12.2 Å². The molecule has 0 radical (unpaired) electrons. The van der Waals surface area contributed by atoms with E-state index in [4.69, 9.17) is 4.74 Å². The third-order valence-electron chi connectivity index (χ3n) is 3.67. The van der Waals surface area contributed by atoms with Crippen LogP contribution in [0.15, 0.2) is 22.7 Å². The van der Waals surface area contributed by atoms with Crippen LogP contribution in [-0.2, 0) is 6.42 Å². The Balaban J connectivity index is 1.94. The number of hydrogen-bond acceptors (Lipinski definition) is 1. The lowest BCUT2D eigenvalue weighted by Crippen LogP contribution is -2.36. The van der Waals surface area contributed by atoms with Crippen LogP contribution in [0.25, 0.3) is 0 Å². The van der Waals surface area contributed by atoms with Gasteiger partial charge < -0.3 is 4.74 Å². The molecule has 0 amide bonds. The Kier molecular flexibility index (Phi) is 2.27. The molecule has 0 unspecified atom stereocenters. The highest BCUT2D eigenvalue weighted by Gasteiger charge is 2.40. The molecule has 3 rings (SSSR count). The molecule has 1 aliphatic heterocycles. The Morgan fingerprint density at radius 2 is 1.93 bits per heavy atom. The van der Waals surface area contributed by atoms with Gasteiger partial charge in [-0.3, -0.25) is 0 Å². The van der Waals surface area contributed by atoms with E-state index >= 15 is 0 Å². The van der Waals surface area contributed by atoms with E-state index in [9.17, 15) is 0 Å². The molecule has 2 aliphatic rings. The molecule has 0 aromatic heterocycles. The van der Waals surface area contributed by atoms with Gasteiger partial charge in [-0.15, -0.1) is 0 Å². The van der Waals surface area contributed by atoms with E-state index in [0.29, 0.717) is 0 Å². The van der Waals surface area contributed by atoms with Crippen LogP contribution in [0.2, 0.25) is 0 Å². The van der Waals surface area contributed by atoms with Gasteiger partial charge in [0.15, 0.2) is 0 Å². The molecular weight excluding hydrogens is 252 g/mol. The number of halogens is 1. The lowest BCUT2D eigenvalue weighted by atomic mass is 9.82. The first kappa shape index (κ1) is 9.71. The SMILES string of the molecule is Brc1cccc2c1CC1(CCCCC1)O2. The molecule has 1 aliphatic carbocycles. The first-order chi connectivity index (χ1) is 7.29. The van der Waals surface area contributed by atoms with Gasteiger partial charge in [0.25, 0.3) is 0 Å². The Morgan fingerprint density at radius 1 is 1.13 bits per heavy atom. The standard InChI is InChI=1S/C13H15BrO/c14-11-5-4-6-12-10(11)9-13(15-12)7-2-1-3-8-13/h4-6H,1-3,7-9H2. The predicted octanol–water partition coefficient (Wildman–Crippen LogP) is 4.09. The van der Waals surface area contributed by atoms with Crippen molar-refractivity contribution in [2.45, 2.75) is 44.1 Å². The molecule has 1 spiro atoms. The maximum Gasteiger partial charge on any atom is 0.124 e. The molecule has 1 saturated carbocycles. The monoisotopic (exact) mass is 266 g/mol. The van der Waals surface area contributed by atoms with Gasteiger partial charge in [0.2, 0.25) is 0 Å². The van der Waals surface area contributed by atoms with Gasteiger partial charge >= 0.3 is 0 Å². The molecule has 1 aromatic carbocycles. The summed E-state index contributed by atoms with van der Waals surface area (Å²) < 4.78 is 7.40. The smallest absolute Gasteiger partial charge is 0.124 e. The molecule has 0 saturated heterocycles. The average Bonchev–Trinajstić information content (AvgIpc) is 2.59. The van der Waals surface area contributed by atoms with Gasteiger partial charge in [-0.2, -0.15) is 0 Å². The first-order valence-electron chi connectivity index (χ1n) is 5.76. The number of hydrogen-bond donors (Lipinski definition) is 0. The summed E-state index contributed by atoms with van der Waals surface area (Å²) in [4.78, 5) is 0. The summed E-state index contributed by atoms with van der Waals surface area (Å²) in [7, 11) is 0. The quantitative estimate of drug-likeness (QED) is 0.688. The number of rotatable bonds is 0. The summed E-state index contributed by atoms with van der Waals surface area (Å²) in [6.45, 7) is 0. The molecule has 0 bridgehead atoms. The van der Waals surface area contributed by atoms with E-state index in [1.54, 1.807) is 0 Å². The topological polar surface area (TPSA) is 9.23 Å². The first-order valence-corrected chi connectivity index (χ1v) is 6.55. The zero-order valence-electron chi connectivity index (χ0n) is 8.76. The zero-order chi connectivity index (χ0) is 10.3. The highest BCUT2D eigenvalue weighted by Crippen LogP contribution is 2.45. The second-order valence-corrected chi connectivity index (χ2v) is 5.59. The lowest BCUT2D eigenvalue weighted by molar-refractivity contribution is 0.0529. The third-order valence-corrected chi connectivity index (χ3v) is 4.41. The lowest BCUT2D eigenvalue weighted by Gasteiger charge is -2.32. The Hall–Kier alpha value is -0.500. The zero-order valence-corrected chi connectivity index (χ0v) is 10.3. The predicted molar refractivity (Wildman–Crippen MR) is 64.3 cm³/mol. The molecule has 1 aromatic rings. The van der Waals surface area contributed by atoms with Gasteiger partial charge in [0.1, 0.15) is 11.4 Å². The van der Waals surface area contributed by atoms with E-state index in [1.807, 2.05) is 0 Å². The summed E-state index contributed by atoms with van der Waals surface area (Å²) in [6.07, 6.45) is 7.59. The second kappa shape index (κ2) is 3.51. The van der Waals surface area contributed by atoms with Crippen molar-refractivity contribution in [1.29, 1.82) is 0 Å². The average molecular weight is 267 g/mol. The fourth-order valence-electron chi connectivity index (χ4n) is 2.87. The fourth-order valence-corrected chi connectivity index (χ4v) is 3.36. The molecule has 0 atom stereocenters. The van der Waals surface area contributed by atoms with Crippen molar-refractivity contribution in [2.24, 2.45) is 0 Å². The maximum atomic E-state index is 6.19. The largest absolute Gasteiger partial charge is 0.487 e. The van der Waals surface area contributed by atoms with E-state index in [-0.39, 0.29) is 5.60 Å². The summed E-state index contributed by atoms with van der Waals surface area (Å²) in [5.74, 6) is 1.10. The molecule has 1 nitrogen and oxygen atoms in total. The van der Waals surface area contributed by atoms with Crippen LogP contribution in [0.3, 0.4) is 0 Å². The Labute approximate surface area is 99.0 Å². The van der Waals surface area contributed by atoms with E-state index < -0.39 is 0 Å². The molecular formula is C13H15BrO. The summed E-state index contributed by atoms with van der Waals surface area (Å²) >= 11 is 3.62. The van der Waals surface area contributed by atoms with E-state index in [2.05, 4.69) is 34.1 Å². The van der Waals surface area contributed by atoms with Crippen LogP contribution >= 0.6 is 15.9 Å². The van der Waals surface area contributed by atoms with Crippen LogP contribution in [-0.4, -0.2) is 5.60 Å². The molecule has 2 heteroatoms. The minimum Gasteiger partial charge on any atom is -0.487 e. The molecule has 1 fully saturated rings. The normalized spacial score (nSPS) is 22.5. The van der Waals surface area contributed by atoms with Crippen molar-refractivity contribution in [3.8, 4) is 5.75 Å². The number of benzene rings is 1. The minimum absolute atomic E-state index is 0.143. The van der Waals surface area contributed by atoms with Crippen molar-refractivity contribution in [3.05, 3.63) is 28.2 Å². The Morgan fingerprint density at radius 3 is 2.67 bits per heavy atom. The van der Waals surface area contributed by atoms with Gasteiger partial charge in [0, 0.05) is 16.5 Å². The summed E-state index contributed by atoms with van der Waals surface area (Å²) in [5, 5.41) is 0. The van der Waals surface area contributed by atoms with Crippen LogP contribution < -0.4 is 4.74 Å².